The van der Waals surface area contributed by atoms with E-state index in [0.717, 1.165) is 33.1 Å². The molecule has 0 saturated carbocycles. The smallest absolute Gasteiger partial charge is 0.274 e. The molecule has 0 atom stereocenters. The summed E-state index contributed by atoms with van der Waals surface area (Å²) in [5.41, 5.74) is 4.86. The normalized spacial score (nSPS) is 15.3. The minimum absolute atomic E-state index is 0.292. The van der Waals surface area contributed by atoms with Crippen LogP contribution in [0.3, 0.4) is 0 Å². The van der Waals surface area contributed by atoms with E-state index in [1.807, 2.05) is 24.3 Å². The molecule has 0 unspecified atom stereocenters. The molecule has 1 aliphatic heterocycles. The molecule has 1 aromatic carbocycles. The fraction of sp³-hybridized carbons (Fsp3) is 0.240. The van der Waals surface area contributed by atoms with Gasteiger partial charge in [-0.1, -0.05) is 6.07 Å². The van der Waals surface area contributed by atoms with Gasteiger partial charge in [-0.2, -0.15) is 14.5 Å². The number of nitrogens with one attached hydrogen (secondary N) is 3. The van der Waals surface area contributed by atoms with E-state index in [4.69, 9.17) is 0 Å². The first-order valence-corrected chi connectivity index (χ1v) is 13.9. The summed E-state index contributed by atoms with van der Waals surface area (Å²) in [5.74, 6) is -0.336. The van der Waals surface area contributed by atoms with Crippen LogP contribution in [0.1, 0.15) is 16.2 Å². The topological polar surface area (TPSA) is 153 Å². The number of H-pyrrole nitrogens is 2. The Hall–Kier alpha value is -4.20. The van der Waals surface area contributed by atoms with Gasteiger partial charge in [0.1, 0.15) is 5.69 Å². The average molecular weight is 532 g/mol. The molecule has 4 aromatic heterocycles. The van der Waals surface area contributed by atoms with Crippen molar-refractivity contribution in [1.29, 1.82) is 0 Å². The summed E-state index contributed by atoms with van der Waals surface area (Å²) in [5, 5.41) is 18.7. The Kier molecular flexibility index (Phi) is 6.10. The minimum atomic E-state index is -3.19. The molecule has 1 aliphatic rings. The molecular weight excluding hydrogens is 506 g/mol. The zero-order chi connectivity index (χ0) is 26.3. The third-order valence-electron chi connectivity index (χ3n) is 6.66. The van der Waals surface area contributed by atoms with Crippen LogP contribution in [-0.4, -0.2) is 86.3 Å². The van der Waals surface area contributed by atoms with Crippen LogP contribution in [0.25, 0.3) is 33.1 Å². The summed E-state index contributed by atoms with van der Waals surface area (Å²) in [6.45, 7) is 2.63. The molecular formula is C25H25N9O3S. The quantitative estimate of drug-likeness (QED) is 0.302. The minimum Gasteiger partial charge on any atom is -0.320 e. The van der Waals surface area contributed by atoms with Gasteiger partial charge in [0.25, 0.3) is 5.91 Å². The highest BCUT2D eigenvalue weighted by Gasteiger charge is 2.23. The fourth-order valence-corrected chi connectivity index (χ4v) is 5.47. The Morgan fingerprint density at radius 2 is 1.82 bits per heavy atom. The molecule has 5 heterocycles. The van der Waals surface area contributed by atoms with E-state index in [-0.39, 0.29) is 5.91 Å². The highest BCUT2D eigenvalue weighted by Crippen LogP contribution is 2.31. The van der Waals surface area contributed by atoms with E-state index < -0.39 is 10.0 Å². The van der Waals surface area contributed by atoms with Crippen molar-refractivity contribution in [3.8, 4) is 11.1 Å². The van der Waals surface area contributed by atoms with Gasteiger partial charge in [-0.3, -0.25) is 19.9 Å². The Morgan fingerprint density at radius 3 is 2.63 bits per heavy atom. The number of hydrogen-bond donors (Lipinski definition) is 3. The lowest BCUT2D eigenvalue weighted by atomic mass is 10.0. The van der Waals surface area contributed by atoms with Crippen molar-refractivity contribution in [3.05, 3.63) is 66.4 Å². The molecule has 1 fully saturated rings. The first kappa shape index (κ1) is 24.2. The Labute approximate surface area is 218 Å². The van der Waals surface area contributed by atoms with Crippen molar-refractivity contribution >= 4 is 43.6 Å². The van der Waals surface area contributed by atoms with Crippen LogP contribution in [0, 0.1) is 0 Å². The van der Waals surface area contributed by atoms with Crippen molar-refractivity contribution in [2.45, 2.75) is 6.54 Å². The van der Waals surface area contributed by atoms with E-state index in [1.165, 1.54) is 10.6 Å². The van der Waals surface area contributed by atoms with E-state index >= 15 is 0 Å². The molecule has 6 rings (SSSR count). The molecule has 13 heteroatoms. The number of nitrogens with zero attached hydrogens (tertiary/aromatic N) is 6. The number of benzene rings is 1. The van der Waals surface area contributed by atoms with Crippen LogP contribution < -0.4 is 5.32 Å². The van der Waals surface area contributed by atoms with Crippen molar-refractivity contribution in [1.82, 2.24) is 39.6 Å². The van der Waals surface area contributed by atoms with Crippen molar-refractivity contribution < 1.29 is 13.2 Å². The standard InChI is InChI=1S/C25H25N9O3S/c1-38(36,37)34-7-5-33(6-8-34)15-19-3-2-4-21(29-19)25(35)30-22-10-16(11-23-20(22)14-28-31-23)17-9-18-13-27-32-24(18)26-12-17/h2-4,9-14H,5-8,15H2,1H3,(H,28,31)(H,30,35)(H,26,27,32). The maximum Gasteiger partial charge on any atom is 0.274 e. The first-order chi connectivity index (χ1) is 18.3. The number of carbonyl (C=O) groups excluding carboxylic acids is 1. The molecule has 38 heavy (non-hydrogen) atoms. The lowest BCUT2D eigenvalue weighted by Crippen LogP contribution is -2.47. The number of fused-ring (bicyclic) bond motifs is 2. The number of aromatic nitrogens is 6. The molecule has 0 aliphatic carbocycles. The van der Waals surface area contributed by atoms with Crippen LogP contribution in [0.15, 0.2) is 55.0 Å². The fourth-order valence-electron chi connectivity index (χ4n) is 4.64. The molecule has 0 bridgehead atoms. The highest BCUT2D eigenvalue weighted by molar-refractivity contribution is 7.88. The number of anilines is 1. The van der Waals surface area contributed by atoms with E-state index in [9.17, 15) is 13.2 Å². The maximum absolute atomic E-state index is 13.2. The van der Waals surface area contributed by atoms with Gasteiger partial charge >= 0.3 is 0 Å². The van der Waals surface area contributed by atoms with Crippen molar-refractivity contribution in [2.75, 3.05) is 37.8 Å². The van der Waals surface area contributed by atoms with Gasteiger partial charge in [-0.15, -0.1) is 0 Å². The summed E-state index contributed by atoms with van der Waals surface area (Å²) in [6, 6.07) is 11.2. The van der Waals surface area contributed by atoms with Crippen molar-refractivity contribution in [2.24, 2.45) is 0 Å². The maximum atomic E-state index is 13.2. The van der Waals surface area contributed by atoms with Crippen LogP contribution in [-0.2, 0) is 16.6 Å². The first-order valence-electron chi connectivity index (χ1n) is 12.0. The number of sulfonamides is 1. The Balaban J connectivity index is 1.21. The van der Waals surface area contributed by atoms with Crippen molar-refractivity contribution in [3.63, 3.8) is 0 Å². The molecule has 1 amide bonds. The number of pyridine rings is 2. The number of aromatic amines is 2. The predicted molar refractivity (Wildman–Crippen MR) is 143 cm³/mol. The summed E-state index contributed by atoms with van der Waals surface area (Å²) in [6.07, 6.45) is 6.37. The molecule has 1 saturated heterocycles. The summed E-state index contributed by atoms with van der Waals surface area (Å²) < 4.78 is 25.0. The van der Waals surface area contributed by atoms with Crippen LogP contribution in [0.2, 0.25) is 0 Å². The van der Waals surface area contributed by atoms with Gasteiger partial charge in [0.15, 0.2) is 5.65 Å². The van der Waals surface area contributed by atoms with Gasteiger partial charge in [-0.05, 0) is 35.9 Å². The second kappa shape index (κ2) is 9.59. The number of rotatable bonds is 6. The Bertz CT molecular complexity index is 1750. The summed E-state index contributed by atoms with van der Waals surface area (Å²) in [4.78, 5) is 24.4. The van der Waals surface area contributed by atoms with Gasteiger partial charge < -0.3 is 5.32 Å². The third-order valence-corrected chi connectivity index (χ3v) is 7.96. The number of amides is 1. The SMILES string of the molecule is CS(=O)(=O)N1CCN(Cc2cccc(C(=O)Nc3cc(-c4cnc5[nH]ncc5c4)cc4[nH]ncc34)n2)CC1. The molecule has 194 valence electrons. The molecule has 0 spiro atoms. The highest BCUT2D eigenvalue weighted by atomic mass is 32.2. The Morgan fingerprint density at radius 1 is 1.00 bits per heavy atom. The molecule has 12 nitrogen and oxygen atoms in total. The predicted octanol–water partition coefficient (Wildman–Crippen LogP) is 2.23. The molecule has 3 N–H and O–H groups in total. The lowest BCUT2D eigenvalue weighted by molar-refractivity contribution is 0.102. The van der Waals surface area contributed by atoms with E-state index in [0.29, 0.717) is 49.8 Å². The van der Waals surface area contributed by atoms with Gasteiger partial charge in [0.05, 0.1) is 35.5 Å². The van der Waals surface area contributed by atoms with Gasteiger partial charge in [0, 0.05) is 55.3 Å². The van der Waals surface area contributed by atoms with E-state index in [2.05, 4.69) is 40.6 Å². The molecule has 0 radical (unpaired) electrons. The third kappa shape index (κ3) is 4.86. The second-order valence-corrected chi connectivity index (χ2v) is 11.3. The zero-order valence-electron chi connectivity index (χ0n) is 20.5. The number of piperazine rings is 1. The van der Waals surface area contributed by atoms with E-state index in [1.54, 1.807) is 30.7 Å². The summed E-state index contributed by atoms with van der Waals surface area (Å²) >= 11 is 0. The summed E-state index contributed by atoms with van der Waals surface area (Å²) in [7, 11) is -3.19. The van der Waals surface area contributed by atoms with Crippen LogP contribution in [0.5, 0.6) is 0 Å². The number of hydrogen-bond acceptors (Lipinski definition) is 8. The number of carbonyl (C=O) groups is 1. The van der Waals surface area contributed by atoms with Gasteiger partial charge in [-0.25, -0.2) is 18.4 Å². The van der Waals surface area contributed by atoms with Crippen LogP contribution >= 0.6 is 0 Å². The zero-order valence-corrected chi connectivity index (χ0v) is 21.4. The molecule has 5 aromatic rings. The van der Waals surface area contributed by atoms with Gasteiger partial charge in [0.2, 0.25) is 10.0 Å². The largest absolute Gasteiger partial charge is 0.320 e. The lowest BCUT2D eigenvalue weighted by Gasteiger charge is -2.32. The second-order valence-electron chi connectivity index (χ2n) is 9.29. The van der Waals surface area contributed by atoms with Crippen LogP contribution in [0.4, 0.5) is 5.69 Å². The average Bonchev–Trinajstić information content (AvgIpc) is 3.58. The monoisotopic (exact) mass is 531 g/mol.